The smallest absolute Gasteiger partial charge is 0.315 e. The zero-order valence-electron chi connectivity index (χ0n) is 14.3. The van der Waals surface area contributed by atoms with Crippen LogP contribution in [0.4, 0.5) is 9.18 Å². The molecule has 0 spiro atoms. The molecular weight excluding hydrogens is 307 g/mol. The van der Waals surface area contributed by atoms with E-state index in [1.54, 1.807) is 10.7 Å². The zero-order valence-corrected chi connectivity index (χ0v) is 14.3. The van der Waals surface area contributed by atoms with Crippen molar-refractivity contribution >= 4 is 6.03 Å². The molecule has 1 aliphatic rings. The van der Waals surface area contributed by atoms with Gasteiger partial charge in [0.15, 0.2) is 0 Å². The fourth-order valence-corrected chi connectivity index (χ4v) is 3.20. The van der Waals surface area contributed by atoms with Gasteiger partial charge in [-0.05, 0) is 38.3 Å². The monoisotopic (exact) mass is 330 g/mol. The van der Waals surface area contributed by atoms with Crippen LogP contribution in [0.25, 0.3) is 0 Å². The third kappa shape index (κ3) is 3.27. The number of nitrogens with one attached hydrogen (secondary N) is 2. The van der Waals surface area contributed by atoms with Crippen LogP contribution < -0.4 is 10.6 Å². The first-order chi connectivity index (χ1) is 11.4. The molecule has 0 radical (unpaired) electrons. The summed E-state index contributed by atoms with van der Waals surface area (Å²) in [5, 5.41) is 10.1. The maximum atomic E-state index is 14.0. The van der Waals surface area contributed by atoms with E-state index in [2.05, 4.69) is 15.7 Å². The number of aryl methyl sites for hydroxylation is 2. The molecule has 1 aliphatic carbocycles. The van der Waals surface area contributed by atoms with Crippen LogP contribution in [0.1, 0.15) is 42.6 Å². The molecule has 6 heteroatoms. The van der Waals surface area contributed by atoms with Crippen LogP contribution in [0.3, 0.4) is 0 Å². The van der Waals surface area contributed by atoms with E-state index in [1.165, 1.54) is 6.07 Å². The Morgan fingerprint density at radius 3 is 2.71 bits per heavy atom. The normalized spacial score (nSPS) is 16.5. The first-order valence-corrected chi connectivity index (χ1v) is 8.21. The SMILES string of the molecule is Cc1nn(C)cc1[C@@H](C)NC(=O)NCC1(c2ccccc2F)CC1. The third-order valence-electron chi connectivity index (χ3n) is 4.75. The molecule has 1 fully saturated rings. The van der Waals surface area contributed by atoms with Crippen LogP contribution in [0, 0.1) is 12.7 Å². The van der Waals surface area contributed by atoms with Gasteiger partial charge in [0.1, 0.15) is 5.82 Å². The van der Waals surface area contributed by atoms with Gasteiger partial charge in [-0.1, -0.05) is 18.2 Å². The van der Waals surface area contributed by atoms with Crippen LogP contribution >= 0.6 is 0 Å². The molecule has 1 aromatic carbocycles. The van der Waals surface area contributed by atoms with Gasteiger partial charge in [0.25, 0.3) is 0 Å². The molecule has 128 valence electrons. The van der Waals surface area contributed by atoms with Crippen molar-refractivity contribution in [3.05, 3.63) is 53.1 Å². The summed E-state index contributed by atoms with van der Waals surface area (Å²) >= 11 is 0. The maximum Gasteiger partial charge on any atom is 0.315 e. The highest BCUT2D eigenvalue weighted by Crippen LogP contribution is 2.48. The average Bonchev–Trinajstić information content (AvgIpc) is 3.24. The fraction of sp³-hybridized carbons (Fsp3) is 0.444. The highest BCUT2D eigenvalue weighted by Gasteiger charge is 2.46. The van der Waals surface area contributed by atoms with Crippen LogP contribution in [0.5, 0.6) is 0 Å². The number of halogens is 1. The number of benzene rings is 1. The number of nitrogens with zero attached hydrogens (tertiary/aromatic N) is 2. The summed E-state index contributed by atoms with van der Waals surface area (Å²) in [5.41, 5.74) is 2.33. The molecule has 1 saturated carbocycles. The highest BCUT2D eigenvalue weighted by atomic mass is 19.1. The van der Waals surface area contributed by atoms with E-state index in [0.29, 0.717) is 12.1 Å². The van der Waals surface area contributed by atoms with Gasteiger partial charge in [-0.25, -0.2) is 9.18 Å². The minimum atomic E-state index is -0.254. The molecule has 2 aromatic rings. The molecule has 1 aromatic heterocycles. The zero-order chi connectivity index (χ0) is 17.3. The Hall–Kier alpha value is -2.37. The van der Waals surface area contributed by atoms with Crippen LogP contribution in [0.15, 0.2) is 30.5 Å². The van der Waals surface area contributed by atoms with Gasteiger partial charge in [-0.3, -0.25) is 4.68 Å². The Morgan fingerprint density at radius 2 is 2.12 bits per heavy atom. The summed E-state index contributed by atoms with van der Waals surface area (Å²) in [4.78, 5) is 12.2. The summed E-state index contributed by atoms with van der Waals surface area (Å²) in [6, 6.07) is 6.43. The fourth-order valence-electron chi connectivity index (χ4n) is 3.20. The van der Waals surface area contributed by atoms with Gasteiger partial charge < -0.3 is 10.6 Å². The number of hydrogen-bond acceptors (Lipinski definition) is 2. The van der Waals surface area contributed by atoms with Crippen molar-refractivity contribution in [1.82, 2.24) is 20.4 Å². The van der Waals surface area contributed by atoms with E-state index in [9.17, 15) is 9.18 Å². The molecule has 24 heavy (non-hydrogen) atoms. The number of rotatable bonds is 5. The summed E-state index contributed by atoms with van der Waals surface area (Å²) in [6.45, 7) is 4.29. The van der Waals surface area contributed by atoms with E-state index in [-0.39, 0.29) is 23.3 Å². The molecule has 0 saturated heterocycles. The quantitative estimate of drug-likeness (QED) is 0.885. The standard InChI is InChI=1S/C18H23FN4O/c1-12(14-10-23(3)22-13(14)2)21-17(24)20-11-18(8-9-18)15-6-4-5-7-16(15)19/h4-7,10,12H,8-9,11H2,1-3H3,(H2,20,21,24)/t12-/m1/s1. The highest BCUT2D eigenvalue weighted by molar-refractivity contribution is 5.74. The van der Waals surface area contributed by atoms with Crippen molar-refractivity contribution in [2.45, 2.75) is 38.1 Å². The van der Waals surface area contributed by atoms with E-state index < -0.39 is 0 Å². The Bertz CT molecular complexity index is 751. The van der Waals surface area contributed by atoms with Crippen LogP contribution in [-0.2, 0) is 12.5 Å². The van der Waals surface area contributed by atoms with Gasteiger partial charge in [0.05, 0.1) is 11.7 Å². The van der Waals surface area contributed by atoms with E-state index in [1.807, 2.05) is 39.2 Å². The van der Waals surface area contributed by atoms with Gasteiger partial charge in [-0.2, -0.15) is 5.10 Å². The predicted octanol–water partition coefficient (Wildman–Crippen LogP) is 2.96. The molecule has 0 aliphatic heterocycles. The summed E-state index contributed by atoms with van der Waals surface area (Å²) < 4.78 is 15.7. The molecule has 0 bridgehead atoms. The van der Waals surface area contributed by atoms with Crippen molar-refractivity contribution in [2.75, 3.05) is 6.54 Å². The number of urea groups is 1. The number of hydrogen-bond donors (Lipinski definition) is 2. The van der Waals surface area contributed by atoms with Crippen LogP contribution in [0.2, 0.25) is 0 Å². The second-order valence-electron chi connectivity index (χ2n) is 6.65. The molecule has 1 atom stereocenters. The summed E-state index contributed by atoms with van der Waals surface area (Å²) in [5.74, 6) is -0.198. The van der Waals surface area contributed by atoms with Crippen molar-refractivity contribution in [3.63, 3.8) is 0 Å². The predicted molar refractivity (Wildman–Crippen MR) is 90.2 cm³/mol. The Morgan fingerprint density at radius 1 is 1.42 bits per heavy atom. The van der Waals surface area contributed by atoms with Crippen molar-refractivity contribution in [1.29, 1.82) is 0 Å². The molecule has 5 nitrogen and oxygen atoms in total. The number of aromatic nitrogens is 2. The molecular formula is C18H23FN4O. The van der Waals surface area contributed by atoms with Gasteiger partial charge in [-0.15, -0.1) is 0 Å². The van der Waals surface area contributed by atoms with Gasteiger partial charge >= 0.3 is 6.03 Å². The number of carbonyl (C=O) groups excluding carboxylic acids is 1. The summed E-state index contributed by atoms with van der Waals surface area (Å²) in [7, 11) is 1.86. The molecule has 1 heterocycles. The van der Waals surface area contributed by atoms with E-state index >= 15 is 0 Å². The topological polar surface area (TPSA) is 59.0 Å². The van der Waals surface area contributed by atoms with Crippen molar-refractivity contribution in [3.8, 4) is 0 Å². The first kappa shape index (κ1) is 16.5. The van der Waals surface area contributed by atoms with Gasteiger partial charge in [0, 0.05) is 30.8 Å². The van der Waals surface area contributed by atoms with Gasteiger partial charge in [0.2, 0.25) is 0 Å². The van der Waals surface area contributed by atoms with Crippen molar-refractivity contribution in [2.24, 2.45) is 7.05 Å². The number of amides is 2. The molecule has 0 unspecified atom stereocenters. The maximum absolute atomic E-state index is 14.0. The minimum absolute atomic E-state index is 0.137. The average molecular weight is 330 g/mol. The second-order valence-corrected chi connectivity index (χ2v) is 6.65. The van der Waals surface area contributed by atoms with E-state index in [0.717, 1.165) is 24.1 Å². The lowest BCUT2D eigenvalue weighted by molar-refractivity contribution is 0.236. The molecule has 2 amide bonds. The number of carbonyl (C=O) groups is 1. The lowest BCUT2D eigenvalue weighted by Crippen LogP contribution is -2.41. The largest absolute Gasteiger partial charge is 0.337 e. The lowest BCUT2D eigenvalue weighted by atomic mass is 9.95. The third-order valence-corrected chi connectivity index (χ3v) is 4.75. The van der Waals surface area contributed by atoms with E-state index in [4.69, 9.17) is 0 Å². The Labute approximate surface area is 141 Å². The minimum Gasteiger partial charge on any atom is -0.337 e. The second kappa shape index (κ2) is 6.26. The first-order valence-electron chi connectivity index (χ1n) is 8.21. The van der Waals surface area contributed by atoms with Crippen molar-refractivity contribution < 1.29 is 9.18 Å². The Balaban J connectivity index is 1.58. The molecule has 2 N–H and O–H groups in total. The summed E-state index contributed by atoms with van der Waals surface area (Å²) in [6.07, 6.45) is 3.69. The Kier molecular flexibility index (Phi) is 4.30. The lowest BCUT2D eigenvalue weighted by Gasteiger charge is -2.19. The van der Waals surface area contributed by atoms with Crippen LogP contribution in [-0.4, -0.2) is 22.4 Å². The molecule has 3 rings (SSSR count).